The van der Waals surface area contributed by atoms with Crippen LogP contribution >= 0.6 is 0 Å². The average Bonchev–Trinajstić information content (AvgIpc) is 2.38. The molecule has 112 valence electrons. The number of carboxylic acids is 1. The molecule has 3 nitrogen and oxygen atoms in total. The van der Waals surface area contributed by atoms with Crippen LogP contribution in [0.25, 0.3) is 0 Å². The molecule has 0 spiro atoms. The van der Waals surface area contributed by atoms with Crippen LogP contribution in [0.15, 0.2) is 11.6 Å². The molecule has 0 fully saturated rings. The number of hydrogen-bond acceptors (Lipinski definition) is 2. The highest BCUT2D eigenvalue weighted by Gasteiger charge is 2.11. The fourth-order valence-corrected chi connectivity index (χ4v) is 2.15. The molecule has 0 radical (unpaired) electrons. The van der Waals surface area contributed by atoms with Crippen LogP contribution in [0.1, 0.15) is 66.2 Å². The molecule has 19 heavy (non-hydrogen) atoms. The lowest BCUT2D eigenvalue weighted by Gasteiger charge is -2.19. The normalized spacial score (nSPS) is 15.3. The van der Waals surface area contributed by atoms with Crippen molar-refractivity contribution in [2.24, 2.45) is 5.92 Å². The highest BCUT2D eigenvalue weighted by atomic mass is 16.5. The Morgan fingerprint density at radius 1 is 1.37 bits per heavy atom. The fraction of sp³-hybridized carbons (Fsp3) is 0.812. The number of ether oxygens (including phenoxy) is 1. The molecule has 3 heteroatoms. The summed E-state index contributed by atoms with van der Waals surface area (Å²) in [5, 5.41) is 8.71. The first kappa shape index (κ1) is 18.2. The molecular formula is C16H30O3. The molecule has 2 atom stereocenters. The lowest BCUT2D eigenvalue weighted by Crippen LogP contribution is -2.15. The Bertz CT molecular complexity index is 271. The third kappa shape index (κ3) is 9.71. The van der Waals surface area contributed by atoms with Crippen molar-refractivity contribution in [2.45, 2.75) is 72.3 Å². The van der Waals surface area contributed by atoms with Gasteiger partial charge in [0.15, 0.2) is 0 Å². The Morgan fingerprint density at radius 3 is 2.58 bits per heavy atom. The van der Waals surface area contributed by atoms with E-state index in [0.717, 1.165) is 12.3 Å². The van der Waals surface area contributed by atoms with Crippen molar-refractivity contribution >= 4 is 5.97 Å². The molecule has 0 bridgehead atoms. The van der Waals surface area contributed by atoms with E-state index in [1.54, 1.807) is 13.0 Å². The third-order valence-corrected chi connectivity index (χ3v) is 3.52. The molecule has 2 unspecified atom stereocenters. The maximum atomic E-state index is 10.6. The highest BCUT2D eigenvalue weighted by Crippen LogP contribution is 2.19. The first-order chi connectivity index (χ1) is 9.01. The number of carboxylic acid groups (broad SMARTS) is 1. The summed E-state index contributed by atoms with van der Waals surface area (Å²) < 4.78 is 5.75. The Kier molecular flexibility index (Phi) is 10.6. The second kappa shape index (κ2) is 11.0. The van der Waals surface area contributed by atoms with Crippen molar-refractivity contribution in [3.8, 4) is 0 Å². The van der Waals surface area contributed by atoms with Crippen LogP contribution in [-0.4, -0.2) is 23.8 Å². The van der Waals surface area contributed by atoms with Crippen LogP contribution in [0, 0.1) is 5.92 Å². The van der Waals surface area contributed by atoms with Crippen LogP contribution in [0.4, 0.5) is 0 Å². The number of aliphatic carboxylic acids is 1. The molecule has 0 amide bonds. The van der Waals surface area contributed by atoms with Crippen LogP contribution in [0.5, 0.6) is 0 Å². The van der Waals surface area contributed by atoms with Crippen molar-refractivity contribution in [2.75, 3.05) is 6.61 Å². The van der Waals surface area contributed by atoms with Gasteiger partial charge in [-0.2, -0.15) is 0 Å². The van der Waals surface area contributed by atoms with Gasteiger partial charge in [0.05, 0.1) is 12.7 Å². The van der Waals surface area contributed by atoms with Crippen LogP contribution in [-0.2, 0) is 9.53 Å². The number of unbranched alkanes of at least 4 members (excludes halogenated alkanes) is 1. The summed E-state index contributed by atoms with van der Waals surface area (Å²) in [6.45, 7) is 8.80. The van der Waals surface area contributed by atoms with E-state index < -0.39 is 5.97 Å². The van der Waals surface area contributed by atoms with E-state index in [4.69, 9.17) is 9.84 Å². The van der Waals surface area contributed by atoms with Gasteiger partial charge in [-0.1, -0.05) is 45.6 Å². The van der Waals surface area contributed by atoms with Gasteiger partial charge in [-0.3, -0.25) is 0 Å². The van der Waals surface area contributed by atoms with Crippen LogP contribution in [0.2, 0.25) is 0 Å². The predicted octanol–water partition coefficient (Wildman–Crippen LogP) is 4.42. The van der Waals surface area contributed by atoms with Crippen molar-refractivity contribution in [1.29, 1.82) is 0 Å². The Hall–Kier alpha value is -0.830. The predicted molar refractivity (Wildman–Crippen MR) is 79.3 cm³/mol. The molecule has 0 aliphatic heterocycles. The maximum Gasteiger partial charge on any atom is 0.330 e. The molecule has 1 N–H and O–H groups in total. The van der Waals surface area contributed by atoms with Gasteiger partial charge in [0.25, 0.3) is 0 Å². The molecule has 0 aliphatic rings. The van der Waals surface area contributed by atoms with Gasteiger partial charge in [-0.25, -0.2) is 4.79 Å². The summed E-state index contributed by atoms with van der Waals surface area (Å²) in [7, 11) is 0. The number of rotatable bonds is 11. The number of hydrogen-bond donors (Lipinski definition) is 1. The topological polar surface area (TPSA) is 46.5 Å². The Morgan fingerprint density at radius 2 is 2.05 bits per heavy atom. The van der Waals surface area contributed by atoms with Gasteiger partial charge in [0, 0.05) is 5.57 Å². The van der Waals surface area contributed by atoms with Crippen molar-refractivity contribution in [3.63, 3.8) is 0 Å². The van der Waals surface area contributed by atoms with Crippen LogP contribution < -0.4 is 0 Å². The van der Waals surface area contributed by atoms with Gasteiger partial charge >= 0.3 is 5.97 Å². The maximum absolute atomic E-state index is 10.6. The van der Waals surface area contributed by atoms with E-state index in [1.165, 1.54) is 25.7 Å². The van der Waals surface area contributed by atoms with E-state index in [-0.39, 0.29) is 6.10 Å². The SMILES string of the molecule is CCCCC(CC)CC(C)OCCC=C(C)C(=O)O. The summed E-state index contributed by atoms with van der Waals surface area (Å²) in [4.78, 5) is 10.6. The lowest BCUT2D eigenvalue weighted by atomic mass is 9.93. The fourth-order valence-electron chi connectivity index (χ4n) is 2.15. The number of carbonyl (C=O) groups is 1. The van der Waals surface area contributed by atoms with Gasteiger partial charge in [0.2, 0.25) is 0 Å². The molecule has 0 aromatic heterocycles. The lowest BCUT2D eigenvalue weighted by molar-refractivity contribution is -0.132. The second-order valence-corrected chi connectivity index (χ2v) is 5.31. The van der Waals surface area contributed by atoms with E-state index in [0.29, 0.717) is 18.6 Å². The summed E-state index contributed by atoms with van der Waals surface area (Å²) >= 11 is 0. The first-order valence-corrected chi connectivity index (χ1v) is 7.52. The third-order valence-electron chi connectivity index (χ3n) is 3.52. The summed E-state index contributed by atoms with van der Waals surface area (Å²) in [6, 6.07) is 0. The highest BCUT2D eigenvalue weighted by molar-refractivity contribution is 5.85. The monoisotopic (exact) mass is 270 g/mol. The molecule has 0 rings (SSSR count). The van der Waals surface area contributed by atoms with Crippen molar-refractivity contribution in [1.82, 2.24) is 0 Å². The zero-order valence-corrected chi connectivity index (χ0v) is 12.9. The smallest absolute Gasteiger partial charge is 0.330 e. The molecule has 0 heterocycles. The van der Waals surface area contributed by atoms with E-state index in [1.807, 2.05) is 0 Å². The van der Waals surface area contributed by atoms with E-state index in [2.05, 4.69) is 20.8 Å². The molecule has 0 aromatic carbocycles. The molecule has 0 saturated heterocycles. The standard InChI is InChI=1S/C16H30O3/c1-5-7-10-15(6-2)12-14(4)19-11-8-9-13(3)16(17)18/h9,14-15H,5-8,10-12H2,1-4H3,(H,17,18). The molecular weight excluding hydrogens is 240 g/mol. The van der Waals surface area contributed by atoms with Crippen LogP contribution in [0.3, 0.4) is 0 Å². The summed E-state index contributed by atoms with van der Waals surface area (Å²) in [5.41, 5.74) is 0.394. The first-order valence-electron chi connectivity index (χ1n) is 7.52. The minimum absolute atomic E-state index is 0.264. The van der Waals surface area contributed by atoms with Gasteiger partial charge in [-0.15, -0.1) is 0 Å². The van der Waals surface area contributed by atoms with Crippen molar-refractivity contribution < 1.29 is 14.6 Å². The van der Waals surface area contributed by atoms with E-state index in [9.17, 15) is 4.79 Å². The zero-order valence-electron chi connectivity index (χ0n) is 12.9. The Balaban J connectivity index is 3.82. The average molecular weight is 270 g/mol. The Labute approximate surface area is 118 Å². The molecule has 0 aliphatic carbocycles. The minimum atomic E-state index is -0.848. The zero-order chi connectivity index (χ0) is 14.7. The molecule has 0 saturated carbocycles. The quantitative estimate of drug-likeness (QED) is 0.446. The van der Waals surface area contributed by atoms with E-state index >= 15 is 0 Å². The van der Waals surface area contributed by atoms with Gasteiger partial charge in [0.1, 0.15) is 0 Å². The second-order valence-electron chi connectivity index (χ2n) is 5.31. The van der Waals surface area contributed by atoms with Gasteiger partial charge < -0.3 is 9.84 Å². The minimum Gasteiger partial charge on any atom is -0.478 e. The van der Waals surface area contributed by atoms with Crippen molar-refractivity contribution in [3.05, 3.63) is 11.6 Å². The van der Waals surface area contributed by atoms with Gasteiger partial charge in [-0.05, 0) is 32.6 Å². The largest absolute Gasteiger partial charge is 0.478 e. The summed E-state index contributed by atoms with van der Waals surface area (Å²) in [6.07, 6.45) is 8.83. The summed E-state index contributed by atoms with van der Waals surface area (Å²) in [5.74, 6) is -0.0927. The molecule has 0 aromatic rings.